The standard InChI is InChI=1S/C27H23N3O5S2/c31-25(29-27-28-23(18-36-27)19-8-2-1-3-9-19)17-35-26(32)21-11-6-13-22(16-21)37(33,34)30-15-7-12-20-10-4-5-14-24(20)30/h1-6,8-11,13-14,16,18H,7,12,15,17H2,(H,28,29,31). The Hall–Kier alpha value is -4.02. The van der Waals surface area contributed by atoms with Crippen molar-refractivity contribution in [3.05, 3.63) is 95.4 Å². The number of thiazole rings is 1. The summed E-state index contributed by atoms with van der Waals surface area (Å²) in [5, 5.41) is 4.82. The van der Waals surface area contributed by atoms with Gasteiger partial charge in [0.2, 0.25) is 0 Å². The van der Waals surface area contributed by atoms with Gasteiger partial charge in [0.25, 0.3) is 15.9 Å². The molecular weight excluding hydrogens is 510 g/mol. The first-order valence-electron chi connectivity index (χ1n) is 11.6. The SMILES string of the molecule is O=C(COC(=O)c1cccc(S(=O)(=O)N2CCCc3ccccc32)c1)Nc1nc(-c2ccccc2)cs1. The number of sulfonamides is 1. The van der Waals surface area contributed by atoms with Gasteiger partial charge in [-0.15, -0.1) is 11.3 Å². The number of ether oxygens (including phenoxy) is 1. The number of aromatic nitrogens is 1. The minimum absolute atomic E-state index is 0.0145. The van der Waals surface area contributed by atoms with Gasteiger partial charge in [-0.3, -0.25) is 14.4 Å². The Morgan fingerprint density at radius 2 is 1.78 bits per heavy atom. The molecule has 4 aromatic rings. The Balaban J connectivity index is 1.23. The molecular formula is C27H23N3O5S2. The molecule has 0 aliphatic carbocycles. The summed E-state index contributed by atoms with van der Waals surface area (Å²) in [7, 11) is -3.88. The Morgan fingerprint density at radius 3 is 2.62 bits per heavy atom. The molecule has 5 rings (SSSR count). The van der Waals surface area contributed by atoms with E-state index in [1.807, 2.05) is 47.8 Å². The first kappa shape index (κ1) is 24.7. The van der Waals surface area contributed by atoms with Gasteiger partial charge in [0, 0.05) is 17.5 Å². The van der Waals surface area contributed by atoms with Crippen LogP contribution in [0.1, 0.15) is 22.3 Å². The van der Waals surface area contributed by atoms with E-state index in [-0.39, 0.29) is 10.5 Å². The van der Waals surface area contributed by atoms with Crippen LogP contribution in [0.15, 0.2) is 89.1 Å². The van der Waals surface area contributed by atoms with Crippen LogP contribution >= 0.6 is 11.3 Å². The van der Waals surface area contributed by atoms with E-state index in [2.05, 4.69) is 10.3 Å². The van der Waals surface area contributed by atoms with Crippen LogP contribution in [0.3, 0.4) is 0 Å². The lowest BCUT2D eigenvalue weighted by atomic mass is 10.0. The summed E-state index contributed by atoms with van der Waals surface area (Å²) in [6, 6.07) is 22.6. The van der Waals surface area contributed by atoms with Crippen molar-refractivity contribution in [2.45, 2.75) is 17.7 Å². The van der Waals surface area contributed by atoms with Gasteiger partial charge in [-0.1, -0.05) is 54.6 Å². The van der Waals surface area contributed by atoms with Gasteiger partial charge in [-0.2, -0.15) is 0 Å². The second-order valence-corrected chi connectivity index (χ2v) is 11.1. The fourth-order valence-electron chi connectivity index (χ4n) is 4.10. The molecule has 0 saturated carbocycles. The third-order valence-electron chi connectivity index (χ3n) is 5.88. The molecule has 0 saturated heterocycles. The predicted molar refractivity (Wildman–Crippen MR) is 142 cm³/mol. The van der Waals surface area contributed by atoms with Crippen molar-refractivity contribution >= 4 is 44.1 Å². The zero-order chi connectivity index (χ0) is 25.8. The van der Waals surface area contributed by atoms with Crippen LogP contribution in [0, 0.1) is 0 Å². The number of nitrogens with one attached hydrogen (secondary N) is 1. The van der Waals surface area contributed by atoms with Crippen LogP contribution < -0.4 is 9.62 Å². The quantitative estimate of drug-likeness (QED) is 0.344. The normalized spacial score (nSPS) is 13.0. The fourth-order valence-corrected chi connectivity index (χ4v) is 6.43. The molecule has 1 N–H and O–H groups in total. The molecule has 1 amide bonds. The third kappa shape index (κ3) is 5.40. The number of carbonyl (C=O) groups excluding carboxylic acids is 2. The van der Waals surface area contributed by atoms with Gasteiger partial charge >= 0.3 is 5.97 Å². The molecule has 3 aromatic carbocycles. The summed E-state index contributed by atoms with van der Waals surface area (Å²) in [6.07, 6.45) is 1.52. The molecule has 2 heterocycles. The molecule has 1 aliphatic rings. The van der Waals surface area contributed by atoms with Gasteiger partial charge in [-0.25, -0.2) is 18.2 Å². The van der Waals surface area contributed by atoms with E-state index >= 15 is 0 Å². The first-order valence-corrected chi connectivity index (χ1v) is 13.9. The largest absolute Gasteiger partial charge is 0.452 e. The molecule has 0 fully saturated rings. The van der Waals surface area contributed by atoms with E-state index in [4.69, 9.17) is 4.74 Å². The van der Waals surface area contributed by atoms with E-state index in [1.165, 1.54) is 39.9 Å². The fraction of sp³-hybridized carbons (Fsp3) is 0.148. The van der Waals surface area contributed by atoms with Crippen molar-refractivity contribution in [1.82, 2.24) is 4.98 Å². The molecule has 1 aliphatic heterocycles. The second kappa shape index (κ2) is 10.5. The monoisotopic (exact) mass is 533 g/mol. The molecule has 0 bridgehead atoms. The number of carbonyl (C=O) groups is 2. The number of anilines is 2. The number of nitrogens with zero attached hydrogens (tertiary/aromatic N) is 2. The smallest absolute Gasteiger partial charge is 0.338 e. The van der Waals surface area contributed by atoms with Crippen molar-refractivity contribution in [1.29, 1.82) is 0 Å². The van der Waals surface area contributed by atoms with Crippen molar-refractivity contribution in [2.75, 3.05) is 22.8 Å². The molecule has 10 heteroatoms. The second-order valence-electron chi connectivity index (χ2n) is 8.37. The van der Waals surface area contributed by atoms with Crippen LogP contribution in [-0.2, 0) is 26.0 Å². The Labute approximate surface area is 218 Å². The topological polar surface area (TPSA) is 106 Å². The first-order chi connectivity index (χ1) is 17.9. The average Bonchev–Trinajstić information content (AvgIpc) is 3.40. The number of hydrogen-bond acceptors (Lipinski definition) is 7. The van der Waals surface area contributed by atoms with Crippen LogP contribution in [0.5, 0.6) is 0 Å². The molecule has 37 heavy (non-hydrogen) atoms. The maximum Gasteiger partial charge on any atom is 0.338 e. The highest BCUT2D eigenvalue weighted by Crippen LogP contribution is 2.32. The van der Waals surface area contributed by atoms with E-state index in [9.17, 15) is 18.0 Å². The maximum atomic E-state index is 13.4. The minimum Gasteiger partial charge on any atom is -0.452 e. The Kier molecular flexibility index (Phi) is 7.02. The molecule has 0 atom stereocenters. The number of rotatable bonds is 7. The number of para-hydroxylation sites is 1. The highest BCUT2D eigenvalue weighted by molar-refractivity contribution is 7.92. The number of amides is 1. The van der Waals surface area contributed by atoms with E-state index in [1.54, 1.807) is 12.1 Å². The number of fused-ring (bicyclic) bond motifs is 1. The Bertz CT molecular complexity index is 1550. The predicted octanol–water partition coefficient (Wildman–Crippen LogP) is 4.75. The lowest BCUT2D eigenvalue weighted by Gasteiger charge is -2.30. The molecule has 0 radical (unpaired) electrons. The van der Waals surface area contributed by atoms with Crippen LogP contribution in [0.4, 0.5) is 10.8 Å². The summed E-state index contributed by atoms with van der Waals surface area (Å²) in [6.45, 7) is -0.174. The molecule has 188 valence electrons. The van der Waals surface area contributed by atoms with Crippen LogP contribution in [-0.4, -0.2) is 38.4 Å². The summed E-state index contributed by atoms with van der Waals surface area (Å²) in [5.41, 5.74) is 3.31. The zero-order valence-electron chi connectivity index (χ0n) is 19.7. The summed E-state index contributed by atoms with van der Waals surface area (Å²) in [5.74, 6) is -1.34. The molecule has 0 unspecified atom stereocenters. The van der Waals surface area contributed by atoms with Crippen molar-refractivity contribution in [3.63, 3.8) is 0 Å². The Morgan fingerprint density at radius 1 is 1.00 bits per heavy atom. The van der Waals surface area contributed by atoms with Crippen molar-refractivity contribution in [2.24, 2.45) is 0 Å². The number of esters is 1. The number of aryl methyl sites for hydroxylation is 1. The zero-order valence-corrected chi connectivity index (χ0v) is 21.3. The highest BCUT2D eigenvalue weighted by Gasteiger charge is 2.29. The van der Waals surface area contributed by atoms with E-state index in [0.29, 0.717) is 23.8 Å². The van der Waals surface area contributed by atoms with Gasteiger partial charge in [-0.05, 0) is 42.7 Å². The lowest BCUT2D eigenvalue weighted by molar-refractivity contribution is -0.119. The van der Waals surface area contributed by atoms with E-state index in [0.717, 1.165) is 23.2 Å². The summed E-state index contributed by atoms with van der Waals surface area (Å²) in [4.78, 5) is 29.3. The maximum absolute atomic E-state index is 13.4. The van der Waals surface area contributed by atoms with Crippen LogP contribution in [0.2, 0.25) is 0 Å². The number of benzene rings is 3. The van der Waals surface area contributed by atoms with Crippen molar-refractivity contribution in [3.8, 4) is 11.3 Å². The average molecular weight is 534 g/mol. The molecule has 1 aromatic heterocycles. The van der Waals surface area contributed by atoms with Gasteiger partial charge in [0.1, 0.15) is 0 Å². The summed E-state index contributed by atoms with van der Waals surface area (Å²) >= 11 is 1.26. The van der Waals surface area contributed by atoms with Gasteiger partial charge in [0.05, 0.1) is 21.8 Å². The number of hydrogen-bond donors (Lipinski definition) is 1. The molecule has 0 spiro atoms. The van der Waals surface area contributed by atoms with Crippen molar-refractivity contribution < 1.29 is 22.7 Å². The van der Waals surface area contributed by atoms with Gasteiger partial charge < -0.3 is 4.74 Å². The van der Waals surface area contributed by atoms with E-state index < -0.39 is 28.5 Å². The highest BCUT2D eigenvalue weighted by atomic mass is 32.2. The lowest BCUT2D eigenvalue weighted by Crippen LogP contribution is -2.35. The van der Waals surface area contributed by atoms with Gasteiger partial charge in [0.15, 0.2) is 11.7 Å². The minimum atomic E-state index is -3.88. The van der Waals surface area contributed by atoms with Crippen LogP contribution in [0.25, 0.3) is 11.3 Å². The third-order valence-corrected chi connectivity index (χ3v) is 8.45. The summed E-state index contributed by atoms with van der Waals surface area (Å²) < 4.78 is 33.3. The molecule has 8 nitrogen and oxygen atoms in total.